The second-order valence-corrected chi connectivity index (χ2v) is 7.78. The van der Waals surface area contributed by atoms with Crippen LogP contribution in [0.5, 0.6) is 5.88 Å². The Labute approximate surface area is 139 Å². The minimum atomic E-state index is -4.42. The van der Waals surface area contributed by atoms with Crippen molar-refractivity contribution in [3.05, 3.63) is 23.9 Å². The summed E-state index contributed by atoms with van der Waals surface area (Å²) in [6, 6.07) is 2.04. The third-order valence-corrected chi connectivity index (χ3v) is 5.48. The van der Waals surface area contributed by atoms with Crippen molar-refractivity contribution >= 4 is 10.0 Å². The lowest BCUT2D eigenvalue weighted by Gasteiger charge is -2.29. The van der Waals surface area contributed by atoms with E-state index in [0.29, 0.717) is 32.1 Å². The summed E-state index contributed by atoms with van der Waals surface area (Å²) < 4.78 is 69.2. The molecule has 1 aromatic heterocycles. The van der Waals surface area contributed by atoms with E-state index in [0.717, 1.165) is 12.3 Å². The average Bonchev–Trinajstić information content (AvgIpc) is 2.48. The van der Waals surface area contributed by atoms with Gasteiger partial charge in [-0.1, -0.05) is 6.92 Å². The van der Waals surface area contributed by atoms with Gasteiger partial charge in [0.15, 0.2) is 0 Å². The Morgan fingerprint density at radius 3 is 2.42 bits per heavy atom. The van der Waals surface area contributed by atoms with Crippen molar-refractivity contribution in [2.45, 2.75) is 57.3 Å². The van der Waals surface area contributed by atoms with E-state index >= 15 is 0 Å². The van der Waals surface area contributed by atoms with Gasteiger partial charge in [-0.15, -0.1) is 0 Å². The maximum Gasteiger partial charge on any atom is 0.417 e. The molecule has 0 unspecified atom stereocenters. The molecule has 1 fully saturated rings. The largest absolute Gasteiger partial charge is 0.474 e. The van der Waals surface area contributed by atoms with Gasteiger partial charge in [-0.3, -0.25) is 0 Å². The van der Waals surface area contributed by atoms with E-state index in [1.807, 2.05) is 0 Å². The number of nitrogens with one attached hydrogen (secondary N) is 1. The van der Waals surface area contributed by atoms with E-state index in [-0.39, 0.29) is 23.8 Å². The number of aromatic nitrogens is 1. The summed E-state index contributed by atoms with van der Waals surface area (Å²) >= 11 is 0. The first-order chi connectivity index (χ1) is 11.2. The molecule has 0 spiro atoms. The van der Waals surface area contributed by atoms with Gasteiger partial charge in [0, 0.05) is 18.3 Å². The monoisotopic (exact) mass is 366 g/mol. The minimum Gasteiger partial charge on any atom is -0.474 e. The van der Waals surface area contributed by atoms with Gasteiger partial charge in [0.25, 0.3) is 0 Å². The fourth-order valence-electron chi connectivity index (χ4n) is 2.67. The SMILES string of the molecule is CCCS(=O)(=O)NC1CCC(Oc2ccc(C(F)(F)F)cn2)CC1. The molecular formula is C15H21F3N2O3S. The van der Waals surface area contributed by atoms with Crippen molar-refractivity contribution in [2.75, 3.05) is 5.75 Å². The smallest absolute Gasteiger partial charge is 0.417 e. The Hall–Kier alpha value is -1.35. The molecule has 9 heteroatoms. The van der Waals surface area contributed by atoms with Gasteiger partial charge in [0.2, 0.25) is 15.9 Å². The Kier molecular flexibility index (Phi) is 6.08. The molecule has 1 heterocycles. The molecule has 24 heavy (non-hydrogen) atoms. The van der Waals surface area contributed by atoms with Crippen LogP contribution in [-0.2, 0) is 16.2 Å². The van der Waals surface area contributed by atoms with Gasteiger partial charge in [0.05, 0.1) is 11.3 Å². The first kappa shape index (κ1) is 19.0. The van der Waals surface area contributed by atoms with Gasteiger partial charge in [-0.25, -0.2) is 18.1 Å². The number of rotatable bonds is 6. The molecule has 0 saturated heterocycles. The van der Waals surface area contributed by atoms with Crippen LogP contribution in [0, 0.1) is 0 Å². The predicted molar refractivity (Wildman–Crippen MR) is 83.1 cm³/mol. The number of alkyl halides is 3. The Bertz CT molecular complexity index is 624. The summed E-state index contributed by atoms with van der Waals surface area (Å²) in [5, 5.41) is 0. The van der Waals surface area contributed by atoms with Crippen molar-refractivity contribution in [3.63, 3.8) is 0 Å². The predicted octanol–water partition coefficient (Wildman–Crippen LogP) is 3.12. The lowest BCUT2D eigenvalue weighted by Crippen LogP contribution is -2.40. The fraction of sp³-hybridized carbons (Fsp3) is 0.667. The van der Waals surface area contributed by atoms with Crippen molar-refractivity contribution in [2.24, 2.45) is 0 Å². The fourth-order valence-corrected chi connectivity index (χ4v) is 4.07. The molecule has 1 saturated carbocycles. The van der Waals surface area contributed by atoms with Gasteiger partial charge in [0.1, 0.15) is 6.10 Å². The molecule has 0 amide bonds. The molecule has 1 aliphatic carbocycles. The van der Waals surface area contributed by atoms with Crippen LogP contribution in [0.25, 0.3) is 0 Å². The summed E-state index contributed by atoms with van der Waals surface area (Å²) in [6.07, 6.45) is -0.750. The van der Waals surface area contributed by atoms with E-state index in [2.05, 4.69) is 9.71 Å². The first-order valence-electron chi connectivity index (χ1n) is 7.89. The molecular weight excluding hydrogens is 345 g/mol. The third-order valence-electron chi connectivity index (χ3n) is 3.84. The zero-order chi connectivity index (χ0) is 17.8. The van der Waals surface area contributed by atoms with Gasteiger partial charge < -0.3 is 4.74 Å². The van der Waals surface area contributed by atoms with Crippen molar-refractivity contribution < 1.29 is 26.3 Å². The molecule has 0 bridgehead atoms. The van der Waals surface area contributed by atoms with Crippen LogP contribution in [0.4, 0.5) is 13.2 Å². The number of ether oxygens (including phenoxy) is 1. The second-order valence-electron chi connectivity index (χ2n) is 5.91. The summed E-state index contributed by atoms with van der Waals surface area (Å²) in [5.74, 6) is 0.261. The van der Waals surface area contributed by atoms with Gasteiger partial charge in [-0.2, -0.15) is 13.2 Å². The zero-order valence-corrected chi connectivity index (χ0v) is 14.2. The molecule has 0 atom stereocenters. The lowest BCUT2D eigenvalue weighted by molar-refractivity contribution is -0.137. The van der Waals surface area contributed by atoms with E-state index in [1.54, 1.807) is 6.92 Å². The van der Waals surface area contributed by atoms with Crippen LogP contribution in [-0.4, -0.2) is 31.3 Å². The number of nitrogens with zero attached hydrogens (tertiary/aromatic N) is 1. The first-order valence-corrected chi connectivity index (χ1v) is 9.55. The Morgan fingerprint density at radius 1 is 1.25 bits per heavy atom. The van der Waals surface area contributed by atoms with Crippen LogP contribution >= 0.6 is 0 Å². The normalized spacial score (nSPS) is 22.3. The zero-order valence-electron chi connectivity index (χ0n) is 13.3. The minimum absolute atomic E-state index is 0.109. The maximum absolute atomic E-state index is 12.5. The van der Waals surface area contributed by atoms with Crippen LogP contribution in [0.2, 0.25) is 0 Å². The van der Waals surface area contributed by atoms with Crippen molar-refractivity contribution in [3.8, 4) is 5.88 Å². The molecule has 0 radical (unpaired) electrons. The summed E-state index contributed by atoms with van der Waals surface area (Å²) in [7, 11) is -3.24. The highest BCUT2D eigenvalue weighted by Crippen LogP contribution is 2.30. The van der Waals surface area contributed by atoms with Crippen molar-refractivity contribution in [1.29, 1.82) is 0 Å². The topological polar surface area (TPSA) is 68.3 Å². The quantitative estimate of drug-likeness (QED) is 0.840. The Morgan fingerprint density at radius 2 is 1.92 bits per heavy atom. The number of sulfonamides is 1. The summed E-state index contributed by atoms with van der Waals surface area (Å²) in [5.41, 5.74) is -0.816. The van der Waals surface area contributed by atoms with Crippen LogP contribution in [0.15, 0.2) is 18.3 Å². The second kappa shape index (κ2) is 7.69. The van der Waals surface area contributed by atoms with Crippen LogP contribution < -0.4 is 9.46 Å². The molecule has 2 rings (SSSR count). The molecule has 1 aromatic rings. The van der Waals surface area contributed by atoms with Crippen LogP contribution in [0.3, 0.4) is 0 Å². The number of hydrogen-bond donors (Lipinski definition) is 1. The van der Waals surface area contributed by atoms with Gasteiger partial charge in [-0.05, 0) is 38.2 Å². The third kappa shape index (κ3) is 5.62. The van der Waals surface area contributed by atoms with Crippen LogP contribution in [0.1, 0.15) is 44.6 Å². The molecule has 136 valence electrons. The van der Waals surface area contributed by atoms with E-state index < -0.39 is 21.8 Å². The Balaban J connectivity index is 1.83. The maximum atomic E-state index is 12.5. The van der Waals surface area contributed by atoms with E-state index in [4.69, 9.17) is 4.74 Å². The molecule has 1 aliphatic rings. The standard InChI is InChI=1S/C15H21F3N2O3S/c1-2-9-24(21,22)20-12-4-6-13(7-5-12)23-14-8-3-11(10-19-14)15(16,17)18/h3,8,10,12-13,20H,2,4-7,9H2,1H3. The highest BCUT2D eigenvalue weighted by molar-refractivity contribution is 7.89. The number of pyridine rings is 1. The highest BCUT2D eigenvalue weighted by atomic mass is 32.2. The highest BCUT2D eigenvalue weighted by Gasteiger charge is 2.31. The average molecular weight is 366 g/mol. The summed E-state index contributed by atoms with van der Waals surface area (Å²) in [4.78, 5) is 3.69. The van der Waals surface area contributed by atoms with E-state index in [9.17, 15) is 21.6 Å². The number of halogens is 3. The number of hydrogen-bond acceptors (Lipinski definition) is 4. The molecule has 5 nitrogen and oxygen atoms in total. The van der Waals surface area contributed by atoms with Crippen molar-refractivity contribution in [1.82, 2.24) is 9.71 Å². The van der Waals surface area contributed by atoms with E-state index in [1.165, 1.54) is 6.07 Å². The van der Waals surface area contributed by atoms with Gasteiger partial charge >= 0.3 is 6.18 Å². The summed E-state index contributed by atoms with van der Waals surface area (Å²) in [6.45, 7) is 1.81. The lowest BCUT2D eigenvalue weighted by atomic mass is 9.94. The molecule has 0 aliphatic heterocycles. The molecule has 0 aromatic carbocycles. The molecule has 1 N–H and O–H groups in total.